The molecule has 1 aromatic heterocycles. The molecular weight excluding hydrogens is 304 g/mol. The second kappa shape index (κ2) is 6.40. The lowest BCUT2D eigenvalue weighted by Gasteiger charge is -2.10. The van der Waals surface area contributed by atoms with Crippen molar-refractivity contribution in [3.63, 3.8) is 0 Å². The fourth-order valence-electron chi connectivity index (χ4n) is 3.29. The molecule has 4 aromatic rings. The van der Waals surface area contributed by atoms with Crippen LogP contribution in [0.3, 0.4) is 0 Å². The van der Waals surface area contributed by atoms with Crippen LogP contribution in [0.1, 0.15) is 11.1 Å². The van der Waals surface area contributed by atoms with Gasteiger partial charge in [-0.3, -0.25) is 0 Å². The standard InChI is InChI=1S/C23H20N2/c1-17-7-6-8-18(2)23(17)20-13-11-19(12-14-20)21-15-24-25(16-21)22-9-4-3-5-10-22/h3-16H,1-2H3. The Balaban J connectivity index is 1.66. The van der Waals surface area contributed by atoms with Gasteiger partial charge in [0.15, 0.2) is 0 Å². The van der Waals surface area contributed by atoms with Crippen LogP contribution in [-0.2, 0) is 0 Å². The van der Waals surface area contributed by atoms with Crippen molar-refractivity contribution in [1.29, 1.82) is 0 Å². The largest absolute Gasteiger partial charge is 0.240 e. The first-order chi connectivity index (χ1) is 12.2. The monoisotopic (exact) mass is 324 g/mol. The van der Waals surface area contributed by atoms with Gasteiger partial charge in [0.2, 0.25) is 0 Å². The van der Waals surface area contributed by atoms with E-state index in [-0.39, 0.29) is 0 Å². The van der Waals surface area contributed by atoms with Crippen LogP contribution in [0.5, 0.6) is 0 Å². The molecule has 122 valence electrons. The zero-order valence-electron chi connectivity index (χ0n) is 14.5. The SMILES string of the molecule is Cc1cccc(C)c1-c1ccc(-c2cnn(-c3ccccc3)c2)cc1. The molecule has 4 rings (SSSR count). The second-order valence-corrected chi connectivity index (χ2v) is 6.35. The van der Waals surface area contributed by atoms with Gasteiger partial charge < -0.3 is 0 Å². The third-order valence-corrected chi connectivity index (χ3v) is 4.59. The van der Waals surface area contributed by atoms with Crippen molar-refractivity contribution in [2.75, 3.05) is 0 Å². The Hall–Kier alpha value is -3.13. The number of rotatable bonds is 3. The summed E-state index contributed by atoms with van der Waals surface area (Å²) in [5, 5.41) is 4.49. The zero-order valence-corrected chi connectivity index (χ0v) is 14.5. The van der Waals surface area contributed by atoms with Crippen molar-refractivity contribution in [2.24, 2.45) is 0 Å². The molecule has 0 saturated heterocycles. The number of aryl methyl sites for hydroxylation is 2. The smallest absolute Gasteiger partial charge is 0.0645 e. The van der Waals surface area contributed by atoms with Crippen molar-refractivity contribution in [3.8, 4) is 27.9 Å². The summed E-state index contributed by atoms with van der Waals surface area (Å²) in [6.45, 7) is 4.33. The number of hydrogen-bond donors (Lipinski definition) is 0. The molecule has 2 nitrogen and oxygen atoms in total. The van der Waals surface area contributed by atoms with Crippen LogP contribution in [0.25, 0.3) is 27.9 Å². The summed E-state index contributed by atoms with van der Waals surface area (Å²) < 4.78 is 1.91. The Morgan fingerprint density at radius 2 is 1.28 bits per heavy atom. The molecule has 1 heterocycles. The van der Waals surface area contributed by atoms with Gasteiger partial charge in [0.1, 0.15) is 0 Å². The molecule has 0 amide bonds. The fraction of sp³-hybridized carbons (Fsp3) is 0.0870. The lowest BCUT2D eigenvalue weighted by atomic mass is 9.94. The van der Waals surface area contributed by atoms with E-state index in [2.05, 4.69) is 79.7 Å². The van der Waals surface area contributed by atoms with Crippen LogP contribution in [0.4, 0.5) is 0 Å². The van der Waals surface area contributed by atoms with Crippen LogP contribution < -0.4 is 0 Å². The van der Waals surface area contributed by atoms with Crippen LogP contribution in [0.2, 0.25) is 0 Å². The minimum Gasteiger partial charge on any atom is -0.240 e. The summed E-state index contributed by atoms with van der Waals surface area (Å²) >= 11 is 0. The van der Waals surface area contributed by atoms with E-state index < -0.39 is 0 Å². The molecule has 25 heavy (non-hydrogen) atoms. The van der Waals surface area contributed by atoms with Gasteiger partial charge in [0.05, 0.1) is 11.9 Å². The molecule has 0 N–H and O–H groups in total. The van der Waals surface area contributed by atoms with Crippen LogP contribution >= 0.6 is 0 Å². The highest BCUT2D eigenvalue weighted by molar-refractivity contribution is 5.74. The summed E-state index contributed by atoms with van der Waals surface area (Å²) in [5.74, 6) is 0. The average molecular weight is 324 g/mol. The highest BCUT2D eigenvalue weighted by Gasteiger charge is 2.07. The van der Waals surface area contributed by atoms with Crippen molar-refractivity contribution >= 4 is 0 Å². The molecule has 2 heteroatoms. The Morgan fingerprint density at radius 1 is 0.640 bits per heavy atom. The molecular formula is C23H20N2. The van der Waals surface area contributed by atoms with E-state index >= 15 is 0 Å². The molecule has 0 atom stereocenters. The lowest BCUT2D eigenvalue weighted by Crippen LogP contribution is -1.92. The van der Waals surface area contributed by atoms with Crippen molar-refractivity contribution in [1.82, 2.24) is 9.78 Å². The predicted octanol–water partition coefficient (Wildman–Crippen LogP) is 5.82. The van der Waals surface area contributed by atoms with Gasteiger partial charge in [0.25, 0.3) is 0 Å². The van der Waals surface area contributed by atoms with E-state index in [1.807, 2.05) is 29.1 Å². The summed E-state index contributed by atoms with van der Waals surface area (Å²) in [6.07, 6.45) is 3.99. The predicted molar refractivity (Wildman–Crippen MR) is 104 cm³/mol. The van der Waals surface area contributed by atoms with Gasteiger partial charge >= 0.3 is 0 Å². The Bertz CT molecular complexity index is 976. The maximum atomic E-state index is 4.49. The average Bonchev–Trinajstić information content (AvgIpc) is 3.13. The molecule has 3 aromatic carbocycles. The molecule has 0 aliphatic heterocycles. The quantitative estimate of drug-likeness (QED) is 0.464. The highest BCUT2D eigenvalue weighted by atomic mass is 15.3. The van der Waals surface area contributed by atoms with Crippen LogP contribution in [0, 0.1) is 13.8 Å². The van der Waals surface area contributed by atoms with Crippen LogP contribution in [-0.4, -0.2) is 9.78 Å². The number of nitrogens with zero attached hydrogens (tertiary/aromatic N) is 2. The summed E-state index contributed by atoms with van der Waals surface area (Å²) in [6, 6.07) is 25.4. The Kier molecular flexibility index (Phi) is 3.95. The van der Waals surface area contributed by atoms with E-state index in [1.54, 1.807) is 0 Å². The zero-order chi connectivity index (χ0) is 17.2. The second-order valence-electron chi connectivity index (χ2n) is 6.35. The minimum atomic E-state index is 1.07. The van der Waals surface area contributed by atoms with Gasteiger partial charge in [-0.15, -0.1) is 0 Å². The van der Waals surface area contributed by atoms with Crippen molar-refractivity contribution in [3.05, 3.63) is 96.3 Å². The number of para-hydroxylation sites is 1. The number of aromatic nitrogens is 2. The van der Waals surface area contributed by atoms with Gasteiger partial charge in [0, 0.05) is 11.8 Å². The minimum absolute atomic E-state index is 1.07. The first-order valence-electron chi connectivity index (χ1n) is 8.49. The van der Waals surface area contributed by atoms with Gasteiger partial charge in [-0.2, -0.15) is 5.10 Å². The molecule has 0 spiro atoms. The molecule has 0 aliphatic rings. The summed E-state index contributed by atoms with van der Waals surface area (Å²) in [4.78, 5) is 0. The molecule has 0 bridgehead atoms. The maximum Gasteiger partial charge on any atom is 0.0645 e. The maximum absolute atomic E-state index is 4.49. The first kappa shape index (κ1) is 15.4. The van der Waals surface area contributed by atoms with E-state index in [0.29, 0.717) is 0 Å². The number of benzene rings is 3. The van der Waals surface area contributed by atoms with Gasteiger partial charge in [-0.05, 0) is 53.8 Å². The van der Waals surface area contributed by atoms with Crippen molar-refractivity contribution in [2.45, 2.75) is 13.8 Å². The van der Waals surface area contributed by atoms with E-state index in [0.717, 1.165) is 11.3 Å². The number of hydrogen-bond acceptors (Lipinski definition) is 1. The van der Waals surface area contributed by atoms with E-state index in [1.165, 1.54) is 27.8 Å². The van der Waals surface area contributed by atoms with Crippen molar-refractivity contribution < 1.29 is 0 Å². The Morgan fingerprint density at radius 3 is 1.96 bits per heavy atom. The normalized spacial score (nSPS) is 10.8. The fourth-order valence-corrected chi connectivity index (χ4v) is 3.29. The van der Waals surface area contributed by atoms with Crippen LogP contribution in [0.15, 0.2) is 85.2 Å². The van der Waals surface area contributed by atoms with E-state index in [9.17, 15) is 0 Å². The molecule has 0 saturated carbocycles. The molecule has 0 radical (unpaired) electrons. The first-order valence-corrected chi connectivity index (χ1v) is 8.49. The summed E-state index contributed by atoms with van der Waals surface area (Å²) in [7, 11) is 0. The molecule has 0 fully saturated rings. The highest BCUT2D eigenvalue weighted by Crippen LogP contribution is 2.29. The molecule has 0 aliphatic carbocycles. The topological polar surface area (TPSA) is 17.8 Å². The lowest BCUT2D eigenvalue weighted by molar-refractivity contribution is 0.881. The van der Waals surface area contributed by atoms with Gasteiger partial charge in [-0.25, -0.2) is 4.68 Å². The third kappa shape index (κ3) is 2.99. The summed E-state index contributed by atoms with van der Waals surface area (Å²) in [5.41, 5.74) is 8.58. The Labute approximate surface area is 148 Å². The van der Waals surface area contributed by atoms with E-state index in [4.69, 9.17) is 0 Å². The van der Waals surface area contributed by atoms with Gasteiger partial charge in [-0.1, -0.05) is 60.7 Å². The molecule has 0 unspecified atom stereocenters. The third-order valence-electron chi connectivity index (χ3n) is 4.59.